The fourth-order valence-corrected chi connectivity index (χ4v) is 2.33. The van der Waals surface area contributed by atoms with Crippen molar-refractivity contribution in [3.8, 4) is 0 Å². The molecule has 0 bridgehead atoms. The minimum atomic E-state index is -1.15. The molecule has 2 rings (SSSR count). The normalized spacial score (nSPS) is 17.5. The van der Waals surface area contributed by atoms with Crippen molar-refractivity contribution < 1.29 is 19.1 Å². The van der Waals surface area contributed by atoms with Gasteiger partial charge in [-0.25, -0.2) is 14.0 Å². The number of nitrogens with one attached hydrogen (secondary N) is 2. The number of benzene rings is 1. The number of carboxylic acids is 1. The fourth-order valence-electron chi connectivity index (χ4n) is 2.33. The molecule has 0 aromatic heterocycles. The predicted molar refractivity (Wildman–Crippen MR) is 75.4 cm³/mol. The lowest BCUT2D eigenvalue weighted by Crippen LogP contribution is -2.61. The largest absolute Gasteiger partial charge is 0.480 e. The highest BCUT2D eigenvalue weighted by Crippen LogP contribution is 2.32. The Morgan fingerprint density at radius 2 is 2.05 bits per heavy atom. The molecule has 5 nitrogen and oxygen atoms in total. The SMILES string of the molecule is Cc1ccc(C(C)NC(=O)NC2(C(=O)O)CCC2)cc1F. The van der Waals surface area contributed by atoms with E-state index in [1.54, 1.807) is 26.0 Å². The number of carboxylic acid groups (broad SMARTS) is 1. The highest BCUT2D eigenvalue weighted by molar-refractivity contribution is 5.87. The Kier molecular flexibility index (Phi) is 4.16. The zero-order valence-electron chi connectivity index (χ0n) is 12.1. The summed E-state index contributed by atoms with van der Waals surface area (Å²) in [6.45, 7) is 3.38. The maximum absolute atomic E-state index is 13.5. The summed E-state index contributed by atoms with van der Waals surface area (Å²) in [7, 11) is 0. The summed E-state index contributed by atoms with van der Waals surface area (Å²) < 4.78 is 13.5. The van der Waals surface area contributed by atoms with Crippen LogP contribution in [0.4, 0.5) is 9.18 Å². The average molecular weight is 294 g/mol. The summed E-state index contributed by atoms with van der Waals surface area (Å²) >= 11 is 0. The van der Waals surface area contributed by atoms with Gasteiger partial charge in [-0.15, -0.1) is 0 Å². The van der Waals surface area contributed by atoms with Crippen molar-refractivity contribution in [3.05, 3.63) is 35.1 Å². The van der Waals surface area contributed by atoms with E-state index in [-0.39, 0.29) is 5.82 Å². The van der Waals surface area contributed by atoms with Gasteiger partial charge in [-0.1, -0.05) is 12.1 Å². The highest BCUT2D eigenvalue weighted by Gasteiger charge is 2.45. The molecule has 0 heterocycles. The summed E-state index contributed by atoms with van der Waals surface area (Å²) in [5.41, 5.74) is 0.0171. The zero-order chi connectivity index (χ0) is 15.6. The molecule has 1 aromatic rings. The lowest BCUT2D eigenvalue weighted by atomic mass is 9.77. The van der Waals surface area contributed by atoms with E-state index >= 15 is 0 Å². The van der Waals surface area contributed by atoms with Crippen LogP contribution in [0.25, 0.3) is 0 Å². The number of halogens is 1. The van der Waals surface area contributed by atoms with Gasteiger partial charge in [0, 0.05) is 0 Å². The minimum absolute atomic E-state index is 0.331. The fraction of sp³-hybridized carbons (Fsp3) is 0.467. The molecule has 0 spiro atoms. The molecule has 1 unspecified atom stereocenters. The van der Waals surface area contributed by atoms with Crippen LogP contribution in [0.15, 0.2) is 18.2 Å². The number of hydrogen-bond acceptors (Lipinski definition) is 2. The third-order valence-corrected chi connectivity index (χ3v) is 4.01. The van der Waals surface area contributed by atoms with E-state index in [0.717, 1.165) is 6.42 Å². The van der Waals surface area contributed by atoms with Crippen molar-refractivity contribution in [2.75, 3.05) is 0 Å². The van der Waals surface area contributed by atoms with Crippen molar-refractivity contribution >= 4 is 12.0 Å². The maximum Gasteiger partial charge on any atom is 0.329 e. The molecule has 0 radical (unpaired) electrons. The summed E-state index contributed by atoms with van der Waals surface area (Å²) in [5, 5.41) is 14.3. The first kappa shape index (κ1) is 15.3. The van der Waals surface area contributed by atoms with E-state index in [1.165, 1.54) is 6.07 Å². The van der Waals surface area contributed by atoms with Gasteiger partial charge in [0.05, 0.1) is 6.04 Å². The lowest BCUT2D eigenvalue weighted by Gasteiger charge is -2.38. The Balaban J connectivity index is 1.99. The van der Waals surface area contributed by atoms with Crippen LogP contribution in [-0.4, -0.2) is 22.6 Å². The van der Waals surface area contributed by atoms with Gasteiger partial charge < -0.3 is 15.7 Å². The van der Waals surface area contributed by atoms with Gasteiger partial charge in [0.2, 0.25) is 0 Å². The third kappa shape index (κ3) is 3.15. The molecule has 21 heavy (non-hydrogen) atoms. The Morgan fingerprint density at radius 1 is 1.38 bits per heavy atom. The van der Waals surface area contributed by atoms with E-state index in [4.69, 9.17) is 5.11 Å². The average Bonchev–Trinajstić information content (AvgIpc) is 2.36. The molecule has 3 N–H and O–H groups in total. The van der Waals surface area contributed by atoms with Crippen LogP contribution in [0.3, 0.4) is 0 Å². The standard InChI is InChI=1S/C15H19FN2O3/c1-9-4-5-11(8-12(9)16)10(2)17-14(21)18-15(13(19)20)6-3-7-15/h4-5,8,10H,3,6-7H2,1-2H3,(H,19,20)(H2,17,18,21). The van der Waals surface area contributed by atoms with Crippen LogP contribution in [0.1, 0.15) is 43.4 Å². The second-order valence-electron chi connectivity index (χ2n) is 5.57. The van der Waals surface area contributed by atoms with Crippen LogP contribution in [-0.2, 0) is 4.79 Å². The zero-order valence-corrected chi connectivity index (χ0v) is 12.1. The second kappa shape index (κ2) is 5.71. The molecule has 1 aliphatic rings. The third-order valence-electron chi connectivity index (χ3n) is 4.01. The van der Waals surface area contributed by atoms with Crippen LogP contribution in [0.2, 0.25) is 0 Å². The molecule has 1 fully saturated rings. The maximum atomic E-state index is 13.5. The van der Waals surface area contributed by atoms with Crippen LogP contribution < -0.4 is 10.6 Å². The first-order chi connectivity index (χ1) is 9.84. The first-order valence-electron chi connectivity index (χ1n) is 6.92. The van der Waals surface area contributed by atoms with Gasteiger partial charge in [-0.05, 0) is 50.3 Å². The van der Waals surface area contributed by atoms with Gasteiger partial charge in [-0.2, -0.15) is 0 Å². The van der Waals surface area contributed by atoms with E-state index in [2.05, 4.69) is 10.6 Å². The molecular formula is C15H19FN2O3. The van der Waals surface area contributed by atoms with Gasteiger partial charge in [-0.3, -0.25) is 0 Å². The van der Waals surface area contributed by atoms with Crippen molar-refractivity contribution in [1.82, 2.24) is 10.6 Å². The predicted octanol–water partition coefficient (Wildman–Crippen LogP) is 2.50. The van der Waals surface area contributed by atoms with Crippen molar-refractivity contribution in [3.63, 3.8) is 0 Å². The van der Waals surface area contributed by atoms with Gasteiger partial charge in [0.1, 0.15) is 11.4 Å². The monoisotopic (exact) mass is 294 g/mol. The number of carbonyl (C=O) groups excluding carboxylic acids is 1. The molecule has 1 saturated carbocycles. The van der Waals surface area contributed by atoms with Crippen molar-refractivity contribution in [2.45, 2.75) is 44.7 Å². The molecule has 1 aromatic carbocycles. The van der Waals surface area contributed by atoms with Gasteiger partial charge >= 0.3 is 12.0 Å². The topological polar surface area (TPSA) is 78.4 Å². The number of aliphatic carboxylic acids is 1. The second-order valence-corrected chi connectivity index (χ2v) is 5.57. The smallest absolute Gasteiger partial charge is 0.329 e. The number of aryl methyl sites for hydroxylation is 1. The van der Waals surface area contributed by atoms with E-state index < -0.39 is 23.6 Å². The number of hydrogen-bond donors (Lipinski definition) is 3. The number of carbonyl (C=O) groups is 2. The Morgan fingerprint density at radius 3 is 2.52 bits per heavy atom. The molecule has 2 amide bonds. The summed E-state index contributed by atoms with van der Waals surface area (Å²) in [5.74, 6) is -1.35. The minimum Gasteiger partial charge on any atom is -0.480 e. The Labute approximate surface area is 122 Å². The summed E-state index contributed by atoms with van der Waals surface area (Å²) in [6, 6.07) is 3.79. The molecule has 1 aliphatic carbocycles. The van der Waals surface area contributed by atoms with Crippen molar-refractivity contribution in [1.29, 1.82) is 0 Å². The quantitative estimate of drug-likeness (QED) is 0.798. The molecular weight excluding hydrogens is 275 g/mol. The number of amides is 2. The van der Waals surface area contributed by atoms with Crippen molar-refractivity contribution in [2.24, 2.45) is 0 Å². The van der Waals surface area contributed by atoms with Gasteiger partial charge in [0.25, 0.3) is 0 Å². The molecule has 0 aliphatic heterocycles. The van der Waals surface area contributed by atoms with Crippen LogP contribution in [0.5, 0.6) is 0 Å². The number of rotatable bonds is 4. The first-order valence-corrected chi connectivity index (χ1v) is 6.92. The lowest BCUT2D eigenvalue weighted by molar-refractivity contribution is -0.148. The highest BCUT2D eigenvalue weighted by atomic mass is 19.1. The molecule has 1 atom stereocenters. The van der Waals surface area contributed by atoms with Crippen LogP contribution >= 0.6 is 0 Å². The van der Waals surface area contributed by atoms with E-state index in [0.29, 0.717) is 24.0 Å². The van der Waals surface area contributed by atoms with E-state index in [9.17, 15) is 14.0 Å². The molecule has 0 saturated heterocycles. The van der Waals surface area contributed by atoms with E-state index in [1.807, 2.05) is 0 Å². The molecule has 114 valence electrons. The Hall–Kier alpha value is -2.11. The summed E-state index contributed by atoms with van der Waals surface area (Å²) in [6.07, 6.45) is 1.65. The van der Waals surface area contributed by atoms with Gasteiger partial charge in [0.15, 0.2) is 0 Å². The summed E-state index contributed by atoms with van der Waals surface area (Å²) in [4.78, 5) is 23.1. The molecule has 6 heteroatoms. The van der Waals surface area contributed by atoms with Crippen LogP contribution in [0, 0.1) is 12.7 Å². The Bertz CT molecular complexity index is 570. The number of urea groups is 1.